The number of rotatable bonds is 1. The van der Waals surface area contributed by atoms with Gasteiger partial charge in [0.25, 0.3) is 0 Å². The van der Waals surface area contributed by atoms with E-state index < -0.39 is 6.09 Å². The molecule has 15 heavy (non-hydrogen) atoms. The van der Waals surface area contributed by atoms with Gasteiger partial charge in [-0.15, -0.1) is 0 Å². The van der Waals surface area contributed by atoms with Gasteiger partial charge in [0.15, 0.2) is 5.76 Å². The molecule has 3 N–H and O–H groups in total. The van der Waals surface area contributed by atoms with Crippen molar-refractivity contribution in [3.63, 3.8) is 0 Å². The van der Waals surface area contributed by atoms with Crippen LogP contribution in [0.5, 0.6) is 0 Å². The summed E-state index contributed by atoms with van der Waals surface area (Å²) in [5, 5.41) is 3.08. The molecule has 0 aromatic heterocycles. The van der Waals surface area contributed by atoms with Gasteiger partial charge < -0.3 is 15.8 Å². The fourth-order valence-corrected chi connectivity index (χ4v) is 1.26. The molecular weight excluding hydrogens is 192 g/mol. The zero-order chi connectivity index (χ0) is 11.5. The minimum absolute atomic E-state index is 0.149. The molecule has 1 aliphatic heterocycles. The predicted octanol–water partition coefficient (Wildman–Crippen LogP) is 2.01. The van der Waals surface area contributed by atoms with Gasteiger partial charge in [-0.3, -0.25) is 0 Å². The summed E-state index contributed by atoms with van der Waals surface area (Å²) in [7, 11) is 0. The molecule has 0 bridgehead atoms. The molecule has 4 heteroatoms. The Hall–Kier alpha value is -1.71. The molecule has 0 atom stereocenters. The second-order valence-corrected chi connectivity index (χ2v) is 4.27. The Kier molecular flexibility index (Phi) is 3.19. The van der Waals surface area contributed by atoms with E-state index in [0.29, 0.717) is 5.76 Å². The summed E-state index contributed by atoms with van der Waals surface area (Å²) in [6.45, 7) is 6.06. The first kappa shape index (κ1) is 11.4. The fraction of sp³-hybridized carbons (Fsp3) is 0.364. The molecule has 0 unspecified atom stereocenters. The zero-order valence-electron chi connectivity index (χ0n) is 9.20. The van der Waals surface area contributed by atoms with Crippen LogP contribution >= 0.6 is 0 Å². The van der Waals surface area contributed by atoms with Gasteiger partial charge in [0.1, 0.15) is 0 Å². The topological polar surface area (TPSA) is 64.3 Å². The Labute approximate surface area is 89.5 Å². The standard InChI is InChI=1S/C11H16N2O2/c1-11(2,3)9-8(15-10(12)14)6-4-5-7-13-9/h4-7,13H,1-3H3,(H2,12,14). The van der Waals surface area contributed by atoms with Crippen molar-refractivity contribution in [2.24, 2.45) is 11.1 Å². The number of allylic oxidation sites excluding steroid dienone is 4. The van der Waals surface area contributed by atoms with Crippen molar-refractivity contribution < 1.29 is 9.53 Å². The van der Waals surface area contributed by atoms with Crippen LogP contribution in [0.15, 0.2) is 35.9 Å². The van der Waals surface area contributed by atoms with Crippen LogP contribution in [0.3, 0.4) is 0 Å². The molecule has 1 aliphatic rings. The van der Waals surface area contributed by atoms with Crippen LogP contribution in [0.2, 0.25) is 0 Å². The van der Waals surface area contributed by atoms with Crippen LogP contribution in [-0.2, 0) is 4.74 Å². The highest BCUT2D eigenvalue weighted by Gasteiger charge is 2.22. The Morgan fingerprint density at radius 2 is 2.07 bits per heavy atom. The number of nitrogens with one attached hydrogen (secondary N) is 1. The van der Waals surface area contributed by atoms with Crippen LogP contribution in [0.25, 0.3) is 0 Å². The average Bonchev–Trinajstić information content (AvgIpc) is 2.27. The Morgan fingerprint density at radius 1 is 1.40 bits per heavy atom. The molecule has 0 aliphatic carbocycles. The number of amides is 1. The van der Waals surface area contributed by atoms with Crippen molar-refractivity contribution in [3.05, 3.63) is 35.9 Å². The van der Waals surface area contributed by atoms with Gasteiger partial charge in [0.2, 0.25) is 0 Å². The molecular formula is C11H16N2O2. The maximum Gasteiger partial charge on any atom is 0.410 e. The Bertz CT molecular complexity index is 346. The van der Waals surface area contributed by atoms with E-state index in [1.54, 1.807) is 18.4 Å². The lowest BCUT2D eigenvalue weighted by Crippen LogP contribution is -2.24. The quantitative estimate of drug-likeness (QED) is 0.692. The van der Waals surface area contributed by atoms with Gasteiger partial charge in [0.05, 0.1) is 5.70 Å². The smallest absolute Gasteiger partial charge is 0.409 e. The summed E-state index contributed by atoms with van der Waals surface area (Å²) in [4.78, 5) is 10.7. The van der Waals surface area contributed by atoms with Crippen LogP contribution in [0, 0.1) is 5.41 Å². The predicted molar refractivity (Wildman–Crippen MR) is 58.6 cm³/mol. The van der Waals surface area contributed by atoms with E-state index in [1.165, 1.54) is 0 Å². The molecule has 0 aromatic carbocycles. The first-order chi connectivity index (χ1) is 6.91. The Morgan fingerprint density at radius 3 is 2.60 bits per heavy atom. The highest BCUT2D eigenvalue weighted by molar-refractivity contribution is 5.66. The molecule has 1 amide bonds. The van der Waals surface area contributed by atoms with Crippen molar-refractivity contribution in [2.45, 2.75) is 20.8 Å². The molecule has 0 radical (unpaired) electrons. The third-order valence-corrected chi connectivity index (χ3v) is 1.89. The van der Waals surface area contributed by atoms with Gasteiger partial charge >= 0.3 is 6.09 Å². The number of hydrogen-bond donors (Lipinski definition) is 2. The van der Waals surface area contributed by atoms with Gasteiger partial charge in [-0.25, -0.2) is 4.79 Å². The lowest BCUT2D eigenvalue weighted by atomic mass is 9.91. The van der Waals surface area contributed by atoms with Crippen LogP contribution in [-0.4, -0.2) is 6.09 Å². The van der Waals surface area contributed by atoms with Crippen molar-refractivity contribution in [1.29, 1.82) is 0 Å². The van der Waals surface area contributed by atoms with E-state index in [0.717, 1.165) is 5.70 Å². The second-order valence-electron chi connectivity index (χ2n) is 4.27. The van der Waals surface area contributed by atoms with Crippen molar-refractivity contribution in [3.8, 4) is 0 Å². The SMILES string of the molecule is CC(C)(C)C1=C(OC(N)=O)C=CC=CN1. The van der Waals surface area contributed by atoms with Gasteiger partial charge in [-0.05, 0) is 12.2 Å². The molecule has 82 valence electrons. The van der Waals surface area contributed by atoms with E-state index in [4.69, 9.17) is 10.5 Å². The molecule has 0 fully saturated rings. The third-order valence-electron chi connectivity index (χ3n) is 1.89. The fourth-order valence-electron chi connectivity index (χ4n) is 1.26. The molecule has 0 saturated carbocycles. The number of primary amides is 1. The summed E-state index contributed by atoms with van der Waals surface area (Å²) in [5.74, 6) is 0.458. The maximum atomic E-state index is 10.7. The summed E-state index contributed by atoms with van der Waals surface area (Å²) in [5.41, 5.74) is 5.68. The second kappa shape index (κ2) is 4.21. The van der Waals surface area contributed by atoms with E-state index in [1.807, 2.05) is 26.8 Å². The van der Waals surface area contributed by atoms with Crippen LogP contribution in [0.1, 0.15) is 20.8 Å². The van der Waals surface area contributed by atoms with E-state index in [2.05, 4.69) is 5.32 Å². The molecule has 1 heterocycles. The number of carbonyl (C=O) groups excluding carboxylic acids is 1. The highest BCUT2D eigenvalue weighted by Crippen LogP contribution is 2.27. The first-order valence-corrected chi connectivity index (χ1v) is 4.73. The third kappa shape index (κ3) is 3.16. The minimum atomic E-state index is -0.805. The molecule has 0 spiro atoms. The van der Waals surface area contributed by atoms with Crippen molar-refractivity contribution in [2.75, 3.05) is 0 Å². The largest absolute Gasteiger partial charge is 0.410 e. The molecule has 4 nitrogen and oxygen atoms in total. The number of ether oxygens (including phenoxy) is 1. The first-order valence-electron chi connectivity index (χ1n) is 4.73. The number of carbonyl (C=O) groups is 1. The normalized spacial score (nSPS) is 15.9. The van der Waals surface area contributed by atoms with Crippen molar-refractivity contribution in [1.82, 2.24) is 5.32 Å². The highest BCUT2D eigenvalue weighted by atomic mass is 16.5. The van der Waals surface area contributed by atoms with E-state index >= 15 is 0 Å². The summed E-state index contributed by atoms with van der Waals surface area (Å²) in [6.07, 6.45) is 6.30. The minimum Gasteiger partial charge on any atom is -0.409 e. The van der Waals surface area contributed by atoms with E-state index in [9.17, 15) is 4.79 Å². The average molecular weight is 208 g/mol. The van der Waals surface area contributed by atoms with Gasteiger partial charge in [-0.1, -0.05) is 26.8 Å². The molecule has 0 saturated heterocycles. The van der Waals surface area contributed by atoms with Crippen LogP contribution < -0.4 is 11.1 Å². The zero-order valence-corrected chi connectivity index (χ0v) is 9.20. The maximum absolute atomic E-state index is 10.7. The van der Waals surface area contributed by atoms with Gasteiger partial charge in [0, 0.05) is 11.6 Å². The summed E-state index contributed by atoms with van der Waals surface area (Å²) < 4.78 is 4.94. The van der Waals surface area contributed by atoms with Crippen molar-refractivity contribution >= 4 is 6.09 Å². The molecule has 1 rings (SSSR count). The monoisotopic (exact) mass is 208 g/mol. The summed E-state index contributed by atoms with van der Waals surface area (Å²) in [6, 6.07) is 0. The lowest BCUT2D eigenvalue weighted by Gasteiger charge is -2.24. The Balaban J connectivity index is 3.08. The van der Waals surface area contributed by atoms with E-state index in [-0.39, 0.29) is 5.41 Å². The lowest BCUT2D eigenvalue weighted by molar-refractivity contribution is 0.187. The number of nitrogens with two attached hydrogens (primary N) is 1. The molecule has 0 aromatic rings. The summed E-state index contributed by atoms with van der Waals surface area (Å²) >= 11 is 0. The van der Waals surface area contributed by atoms with Crippen LogP contribution in [0.4, 0.5) is 4.79 Å². The van der Waals surface area contributed by atoms with Gasteiger partial charge in [-0.2, -0.15) is 0 Å². The number of hydrogen-bond acceptors (Lipinski definition) is 3.